The molecule has 1 aromatic heterocycles. The molecule has 0 N–H and O–H groups in total. The first-order chi connectivity index (χ1) is 13.7. The summed E-state index contributed by atoms with van der Waals surface area (Å²) in [5.74, 6) is 0.658. The SMILES string of the molecule is CCOC(=O)CCC1CCN(C(=O)CN2CCN(c3ccncc3)CC2)CC1. The molecule has 7 heteroatoms. The van der Waals surface area contributed by atoms with Gasteiger partial charge >= 0.3 is 5.97 Å². The number of hydrogen-bond acceptors (Lipinski definition) is 6. The smallest absolute Gasteiger partial charge is 0.305 e. The van der Waals surface area contributed by atoms with Gasteiger partial charge in [-0.05, 0) is 44.2 Å². The van der Waals surface area contributed by atoms with E-state index in [1.807, 2.05) is 36.4 Å². The predicted molar refractivity (Wildman–Crippen MR) is 108 cm³/mol. The first kappa shape index (κ1) is 20.6. The molecular formula is C21H32N4O3. The summed E-state index contributed by atoms with van der Waals surface area (Å²) in [6, 6.07) is 4.07. The molecule has 3 rings (SSSR count). The molecule has 0 saturated carbocycles. The van der Waals surface area contributed by atoms with E-state index in [9.17, 15) is 9.59 Å². The molecular weight excluding hydrogens is 356 g/mol. The highest BCUT2D eigenvalue weighted by atomic mass is 16.5. The number of carbonyl (C=O) groups excluding carboxylic acids is 2. The van der Waals surface area contributed by atoms with Crippen LogP contribution in [0.2, 0.25) is 0 Å². The van der Waals surface area contributed by atoms with Gasteiger partial charge < -0.3 is 14.5 Å². The molecule has 0 bridgehead atoms. The quantitative estimate of drug-likeness (QED) is 0.664. The summed E-state index contributed by atoms with van der Waals surface area (Å²) in [7, 11) is 0. The van der Waals surface area contributed by atoms with Gasteiger partial charge in [-0.1, -0.05) is 0 Å². The van der Waals surface area contributed by atoms with Crippen LogP contribution in [-0.2, 0) is 14.3 Å². The highest BCUT2D eigenvalue weighted by Gasteiger charge is 2.26. The number of piperidine rings is 1. The lowest BCUT2D eigenvalue weighted by Gasteiger charge is -2.37. The second kappa shape index (κ2) is 10.4. The van der Waals surface area contributed by atoms with Crippen molar-refractivity contribution in [2.24, 2.45) is 5.92 Å². The van der Waals surface area contributed by atoms with E-state index in [-0.39, 0.29) is 11.9 Å². The number of piperazine rings is 1. The number of amides is 1. The van der Waals surface area contributed by atoms with Gasteiger partial charge in [-0.3, -0.25) is 19.5 Å². The van der Waals surface area contributed by atoms with Crippen molar-refractivity contribution in [3.05, 3.63) is 24.5 Å². The zero-order valence-electron chi connectivity index (χ0n) is 16.9. The van der Waals surface area contributed by atoms with E-state index in [0.29, 0.717) is 25.5 Å². The largest absolute Gasteiger partial charge is 0.466 e. The predicted octanol–water partition coefficient (Wildman–Crippen LogP) is 1.79. The number of ether oxygens (including phenoxy) is 1. The van der Waals surface area contributed by atoms with Crippen LogP contribution in [-0.4, -0.2) is 79.1 Å². The number of nitrogens with zero attached hydrogens (tertiary/aromatic N) is 4. The lowest BCUT2D eigenvalue weighted by atomic mass is 9.92. The van der Waals surface area contributed by atoms with Crippen LogP contribution in [0.4, 0.5) is 5.69 Å². The monoisotopic (exact) mass is 388 g/mol. The van der Waals surface area contributed by atoms with Gasteiger partial charge in [0.2, 0.25) is 5.91 Å². The fraction of sp³-hybridized carbons (Fsp3) is 0.667. The van der Waals surface area contributed by atoms with Crippen molar-refractivity contribution in [1.82, 2.24) is 14.8 Å². The van der Waals surface area contributed by atoms with Gasteiger partial charge in [0.25, 0.3) is 0 Å². The number of aromatic nitrogens is 1. The summed E-state index contributed by atoms with van der Waals surface area (Å²) in [4.78, 5) is 34.8. The second-order valence-corrected chi connectivity index (χ2v) is 7.64. The van der Waals surface area contributed by atoms with Crippen molar-refractivity contribution in [3.8, 4) is 0 Å². The molecule has 28 heavy (non-hydrogen) atoms. The summed E-state index contributed by atoms with van der Waals surface area (Å²) in [6.45, 7) is 8.10. The molecule has 2 saturated heterocycles. The molecule has 2 fully saturated rings. The normalized spacial score (nSPS) is 18.9. The van der Waals surface area contributed by atoms with Gasteiger partial charge in [0, 0.05) is 63.8 Å². The third kappa shape index (κ3) is 5.92. The van der Waals surface area contributed by atoms with Gasteiger partial charge in [0.05, 0.1) is 13.2 Å². The van der Waals surface area contributed by atoms with Crippen LogP contribution >= 0.6 is 0 Å². The molecule has 0 atom stereocenters. The number of anilines is 1. The fourth-order valence-corrected chi connectivity index (χ4v) is 4.04. The zero-order chi connectivity index (χ0) is 19.8. The van der Waals surface area contributed by atoms with Gasteiger partial charge in [-0.15, -0.1) is 0 Å². The molecule has 154 valence electrons. The second-order valence-electron chi connectivity index (χ2n) is 7.64. The third-order valence-electron chi connectivity index (χ3n) is 5.79. The van der Waals surface area contributed by atoms with E-state index in [4.69, 9.17) is 4.74 Å². The van der Waals surface area contributed by atoms with E-state index in [1.165, 1.54) is 5.69 Å². The number of hydrogen-bond donors (Lipinski definition) is 0. The number of carbonyl (C=O) groups is 2. The lowest BCUT2D eigenvalue weighted by molar-refractivity contribution is -0.143. The summed E-state index contributed by atoms with van der Waals surface area (Å²) < 4.78 is 5.00. The minimum atomic E-state index is -0.105. The molecule has 1 aromatic rings. The number of likely N-dealkylation sites (tertiary alicyclic amines) is 1. The third-order valence-corrected chi connectivity index (χ3v) is 5.79. The molecule has 0 unspecified atom stereocenters. The van der Waals surface area contributed by atoms with Crippen LogP contribution in [0.25, 0.3) is 0 Å². The van der Waals surface area contributed by atoms with Gasteiger partial charge in [-0.2, -0.15) is 0 Å². The van der Waals surface area contributed by atoms with E-state index in [1.54, 1.807) is 0 Å². The fourth-order valence-electron chi connectivity index (χ4n) is 4.04. The average Bonchev–Trinajstić information content (AvgIpc) is 2.74. The maximum Gasteiger partial charge on any atom is 0.305 e. The average molecular weight is 389 g/mol. The van der Waals surface area contributed by atoms with Gasteiger partial charge in [0.1, 0.15) is 0 Å². The lowest BCUT2D eigenvalue weighted by Crippen LogP contribution is -2.51. The molecule has 0 spiro atoms. The number of pyridine rings is 1. The summed E-state index contributed by atoms with van der Waals surface area (Å²) in [5, 5.41) is 0. The Bertz CT molecular complexity index is 624. The molecule has 0 aliphatic carbocycles. The number of esters is 1. The van der Waals surface area contributed by atoms with Gasteiger partial charge in [0.15, 0.2) is 0 Å². The van der Waals surface area contributed by atoms with E-state index in [0.717, 1.165) is 58.5 Å². The maximum absolute atomic E-state index is 12.7. The van der Waals surface area contributed by atoms with Crippen LogP contribution < -0.4 is 4.90 Å². The van der Waals surface area contributed by atoms with Crippen LogP contribution in [0, 0.1) is 5.92 Å². The van der Waals surface area contributed by atoms with E-state index >= 15 is 0 Å². The Morgan fingerprint density at radius 3 is 2.39 bits per heavy atom. The van der Waals surface area contributed by atoms with Crippen molar-refractivity contribution in [1.29, 1.82) is 0 Å². The van der Waals surface area contributed by atoms with Gasteiger partial charge in [-0.25, -0.2) is 0 Å². The molecule has 0 aromatic carbocycles. The molecule has 7 nitrogen and oxygen atoms in total. The first-order valence-electron chi connectivity index (χ1n) is 10.5. The highest BCUT2D eigenvalue weighted by molar-refractivity contribution is 5.78. The summed E-state index contributed by atoms with van der Waals surface area (Å²) >= 11 is 0. The van der Waals surface area contributed by atoms with E-state index < -0.39 is 0 Å². The van der Waals surface area contributed by atoms with Crippen molar-refractivity contribution < 1.29 is 14.3 Å². The summed E-state index contributed by atoms with van der Waals surface area (Å²) in [6.07, 6.45) is 6.98. The Labute approximate surface area is 167 Å². The molecule has 0 radical (unpaired) electrons. The summed E-state index contributed by atoms with van der Waals surface area (Å²) in [5.41, 5.74) is 1.20. The minimum absolute atomic E-state index is 0.105. The van der Waals surface area contributed by atoms with Crippen LogP contribution in [0.5, 0.6) is 0 Å². The topological polar surface area (TPSA) is 66.0 Å². The van der Waals surface area contributed by atoms with Crippen molar-refractivity contribution in [3.63, 3.8) is 0 Å². The van der Waals surface area contributed by atoms with Crippen LogP contribution in [0.15, 0.2) is 24.5 Å². The van der Waals surface area contributed by atoms with Crippen LogP contribution in [0.1, 0.15) is 32.6 Å². The first-order valence-corrected chi connectivity index (χ1v) is 10.5. The van der Waals surface area contributed by atoms with Crippen molar-refractivity contribution >= 4 is 17.6 Å². The molecule has 1 amide bonds. The maximum atomic E-state index is 12.7. The minimum Gasteiger partial charge on any atom is -0.466 e. The Morgan fingerprint density at radius 1 is 1.07 bits per heavy atom. The Hall–Kier alpha value is -2.15. The Kier molecular flexibility index (Phi) is 7.65. The molecule has 2 aliphatic heterocycles. The highest BCUT2D eigenvalue weighted by Crippen LogP contribution is 2.22. The van der Waals surface area contributed by atoms with Crippen molar-refractivity contribution in [2.75, 3.05) is 57.3 Å². The van der Waals surface area contributed by atoms with Crippen molar-refractivity contribution in [2.45, 2.75) is 32.6 Å². The standard InChI is InChI=1S/C21H32N4O3/c1-2-28-21(27)4-3-18-7-11-25(12-8-18)20(26)17-23-13-15-24(16-14-23)19-5-9-22-10-6-19/h5-6,9-10,18H,2-4,7-8,11-17H2,1H3. The van der Waals surface area contributed by atoms with Crippen LogP contribution in [0.3, 0.4) is 0 Å². The molecule has 2 aliphatic rings. The zero-order valence-corrected chi connectivity index (χ0v) is 16.9. The molecule has 3 heterocycles. The Balaban J connectivity index is 1.34. The number of rotatable bonds is 7. The van der Waals surface area contributed by atoms with E-state index in [2.05, 4.69) is 14.8 Å². The Morgan fingerprint density at radius 2 is 1.75 bits per heavy atom.